The highest BCUT2D eigenvalue weighted by Gasteiger charge is 2.52. The van der Waals surface area contributed by atoms with E-state index in [-0.39, 0.29) is 13.0 Å². The normalized spacial score (nSPS) is 21.5. The Hall–Kier alpha value is -2.12. The van der Waals surface area contributed by atoms with Crippen molar-refractivity contribution in [2.75, 3.05) is 13.7 Å². The Labute approximate surface area is 128 Å². The zero-order valence-corrected chi connectivity index (χ0v) is 13.4. The molecule has 0 aliphatic carbocycles. The Morgan fingerprint density at radius 1 is 1.23 bits per heavy atom. The van der Waals surface area contributed by atoms with Gasteiger partial charge in [0.2, 0.25) is 5.91 Å². The fourth-order valence-electron chi connectivity index (χ4n) is 2.06. The van der Waals surface area contributed by atoms with Crippen LogP contribution in [0.3, 0.4) is 0 Å². The molecule has 1 fully saturated rings. The van der Waals surface area contributed by atoms with Crippen molar-refractivity contribution in [3.8, 4) is 0 Å². The van der Waals surface area contributed by atoms with Crippen LogP contribution in [-0.2, 0) is 28.6 Å². The molecule has 1 unspecified atom stereocenters. The molecule has 2 atom stereocenters. The molecular weight excluding hydrogens is 294 g/mol. The van der Waals surface area contributed by atoms with Crippen molar-refractivity contribution in [2.24, 2.45) is 5.92 Å². The van der Waals surface area contributed by atoms with E-state index in [4.69, 9.17) is 9.47 Å². The van der Waals surface area contributed by atoms with Gasteiger partial charge in [-0.1, -0.05) is 0 Å². The van der Waals surface area contributed by atoms with Crippen molar-refractivity contribution < 1.29 is 33.4 Å². The van der Waals surface area contributed by atoms with E-state index >= 15 is 0 Å². The van der Waals surface area contributed by atoms with E-state index in [0.29, 0.717) is 4.90 Å². The number of carbonyl (C=O) groups is 4. The van der Waals surface area contributed by atoms with Crippen molar-refractivity contribution in [1.82, 2.24) is 4.90 Å². The van der Waals surface area contributed by atoms with Gasteiger partial charge in [0, 0.05) is 6.42 Å². The zero-order chi connectivity index (χ0) is 17.1. The molecule has 0 spiro atoms. The number of amides is 2. The number of methoxy groups -OCH3 is 1. The number of imide groups is 1. The predicted molar refractivity (Wildman–Crippen MR) is 73.6 cm³/mol. The summed E-state index contributed by atoms with van der Waals surface area (Å²) in [5.74, 6) is -3.59. The molecule has 8 nitrogen and oxygen atoms in total. The first-order valence-electron chi connectivity index (χ1n) is 6.92. The average Bonchev–Trinajstić information content (AvgIpc) is 2.74. The van der Waals surface area contributed by atoms with E-state index in [0.717, 1.165) is 7.11 Å². The zero-order valence-electron chi connectivity index (χ0n) is 13.4. The van der Waals surface area contributed by atoms with Crippen molar-refractivity contribution in [3.63, 3.8) is 0 Å². The monoisotopic (exact) mass is 315 g/mol. The van der Waals surface area contributed by atoms with Gasteiger partial charge >= 0.3 is 18.0 Å². The third kappa shape index (κ3) is 3.96. The molecule has 1 rings (SSSR count). The van der Waals surface area contributed by atoms with Gasteiger partial charge in [0.1, 0.15) is 17.6 Å². The number of hydrogen-bond acceptors (Lipinski definition) is 7. The average molecular weight is 315 g/mol. The second kappa shape index (κ2) is 6.76. The lowest BCUT2D eigenvalue weighted by Crippen LogP contribution is -2.46. The Balaban J connectivity index is 3.04. The highest BCUT2D eigenvalue weighted by Crippen LogP contribution is 2.28. The summed E-state index contributed by atoms with van der Waals surface area (Å²) in [6, 6.07) is -1.19. The van der Waals surface area contributed by atoms with Crippen LogP contribution in [0.4, 0.5) is 4.79 Å². The molecule has 124 valence electrons. The first kappa shape index (κ1) is 17.9. The van der Waals surface area contributed by atoms with Crippen LogP contribution in [0.2, 0.25) is 0 Å². The lowest BCUT2D eigenvalue weighted by molar-refractivity contribution is -0.153. The first-order valence-corrected chi connectivity index (χ1v) is 6.92. The fraction of sp³-hybridized carbons (Fsp3) is 0.714. The smallest absolute Gasteiger partial charge is 0.417 e. The Morgan fingerprint density at radius 2 is 1.82 bits per heavy atom. The fourth-order valence-corrected chi connectivity index (χ4v) is 2.06. The largest absolute Gasteiger partial charge is 0.467 e. The molecule has 2 amide bonds. The van der Waals surface area contributed by atoms with Crippen molar-refractivity contribution in [2.45, 2.75) is 45.8 Å². The molecule has 0 bridgehead atoms. The quantitative estimate of drug-likeness (QED) is 0.433. The summed E-state index contributed by atoms with van der Waals surface area (Å²) in [4.78, 5) is 48.7. The van der Waals surface area contributed by atoms with Gasteiger partial charge in [-0.05, 0) is 27.7 Å². The van der Waals surface area contributed by atoms with Crippen LogP contribution in [0.15, 0.2) is 0 Å². The van der Waals surface area contributed by atoms with Gasteiger partial charge in [0.05, 0.1) is 13.7 Å². The molecule has 8 heteroatoms. The van der Waals surface area contributed by atoms with Gasteiger partial charge in [-0.15, -0.1) is 0 Å². The Morgan fingerprint density at radius 3 is 2.27 bits per heavy atom. The minimum absolute atomic E-state index is 0.0952. The third-order valence-corrected chi connectivity index (χ3v) is 2.94. The number of hydrogen-bond donors (Lipinski definition) is 0. The van der Waals surface area contributed by atoms with Crippen LogP contribution in [0, 0.1) is 5.92 Å². The van der Waals surface area contributed by atoms with E-state index in [1.165, 1.54) is 0 Å². The SMILES string of the molecule is CCOC(=O)C1C[C@@H](C(=O)OC)N(C(=O)OC(C)(C)C)C1=O. The van der Waals surface area contributed by atoms with Gasteiger partial charge in [0.15, 0.2) is 0 Å². The van der Waals surface area contributed by atoms with Crippen LogP contribution in [0.25, 0.3) is 0 Å². The maximum atomic E-state index is 12.3. The molecule has 22 heavy (non-hydrogen) atoms. The maximum Gasteiger partial charge on any atom is 0.417 e. The standard InChI is InChI=1S/C14H21NO7/c1-6-21-11(17)8-7-9(12(18)20-5)15(10(8)16)13(19)22-14(2,3)4/h8-9H,6-7H2,1-5H3/t8?,9-/m0/s1. The minimum Gasteiger partial charge on any atom is -0.467 e. The van der Waals surface area contributed by atoms with Gasteiger partial charge in [0.25, 0.3) is 0 Å². The number of carbonyl (C=O) groups excluding carboxylic acids is 4. The number of likely N-dealkylation sites (tertiary alicyclic amines) is 1. The van der Waals surface area contributed by atoms with Crippen LogP contribution in [-0.4, -0.2) is 54.2 Å². The topological polar surface area (TPSA) is 99.2 Å². The number of esters is 2. The number of ether oxygens (including phenoxy) is 3. The predicted octanol–water partition coefficient (Wildman–Crippen LogP) is 0.875. The second-order valence-electron chi connectivity index (χ2n) is 5.77. The van der Waals surface area contributed by atoms with Crippen molar-refractivity contribution in [3.05, 3.63) is 0 Å². The van der Waals surface area contributed by atoms with Gasteiger partial charge in [-0.3, -0.25) is 9.59 Å². The first-order chi connectivity index (χ1) is 10.1. The number of nitrogens with zero attached hydrogens (tertiary/aromatic N) is 1. The summed E-state index contributed by atoms with van der Waals surface area (Å²) in [5.41, 5.74) is -0.847. The molecule has 1 aliphatic heterocycles. The molecule has 1 saturated heterocycles. The lowest BCUT2D eigenvalue weighted by Gasteiger charge is -2.26. The van der Waals surface area contributed by atoms with Crippen LogP contribution >= 0.6 is 0 Å². The molecule has 0 aromatic rings. The van der Waals surface area contributed by atoms with Gasteiger partial charge in [-0.2, -0.15) is 0 Å². The molecule has 0 saturated carbocycles. The van der Waals surface area contributed by atoms with Crippen LogP contribution in [0.1, 0.15) is 34.1 Å². The Bertz CT molecular complexity index is 480. The summed E-state index contributed by atoms with van der Waals surface area (Å²) in [7, 11) is 1.14. The summed E-state index contributed by atoms with van der Waals surface area (Å²) < 4.78 is 14.5. The van der Waals surface area contributed by atoms with E-state index in [1.54, 1.807) is 27.7 Å². The molecule has 1 aliphatic rings. The number of rotatable bonds is 3. The summed E-state index contributed by atoms with van der Waals surface area (Å²) >= 11 is 0. The molecule has 0 N–H and O–H groups in total. The molecular formula is C14H21NO7. The lowest BCUT2D eigenvalue weighted by atomic mass is 10.1. The molecule has 0 radical (unpaired) electrons. The highest BCUT2D eigenvalue weighted by molar-refractivity contribution is 6.08. The van der Waals surface area contributed by atoms with Crippen molar-refractivity contribution in [1.29, 1.82) is 0 Å². The molecule has 0 aromatic heterocycles. The van der Waals surface area contributed by atoms with E-state index < -0.39 is 41.5 Å². The Kier molecular flexibility index (Phi) is 5.51. The second-order valence-corrected chi connectivity index (χ2v) is 5.77. The van der Waals surface area contributed by atoms with Crippen LogP contribution < -0.4 is 0 Å². The minimum atomic E-state index is -1.21. The highest BCUT2D eigenvalue weighted by atomic mass is 16.6. The van der Waals surface area contributed by atoms with E-state index in [9.17, 15) is 19.2 Å². The summed E-state index contributed by atoms with van der Waals surface area (Å²) in [6.45, 7) is 6.57. The van der Waals surface area contributed by atoms with Crippen molar-refractivity contribution >= 4 is 23.9 Å². The van der Waals surface area contributed by atoms with Crippen LogP contribution in [0.5, 0.6) is 0 Å². The maximum absolute atomic E-state index is 12.3. The van der Waals surface area contributed by atoms with Gasteiger partial charge in [-0.25, -0.2) is 14.5 Å². The molecule has 0 aromatic carbocycles. The summed E-state index contributed by atoms with van der Waals surface area (Å²) in [6.07, 6.45) is -1.16. The van der Waals surface area contributed by atoms with E-state index in [2.05, 4.69) is 4.74 Å². The van der Waals surface area contributed by atoms with E-state index in [1.807, 2.05) is 0 Å². The molecule has 1 heterocycles. The van der Waals surface area contributed by atoms with Gasteiger partial charge < -0.3 is 14.2 Å². The third-order valence-electron chi connectivity index (χ3n) is 2.94. The summed E-state index contributed by atoms with van der Waals surface area (Å²) in [5, 5.41) is 0.